The number of nitro groups is 1. The molecule has 148 valence electrons. The summed E-state index contributed by atoms with van der Waals surface area (Å²) in [6.07, 6.45) is 6.46. The molecule has 2 N–H and O–H groups in total. The zero-order valence-electron chi connectivity index (χ0n) is 15.3. The predicted molar refractivity (Wildman–Crippen MR) is 100 cm³/mol. The minimum atomic E-state index is -0.894. The summed E-state index contributed by atoms with van der Waals surface area (Å²) in [6, 6.07) is 7.00. The van der Waals surface area contributed by atoms with Crippen molar-refractivity contribution in [2.24, 2.45) is 5.92 Å². The number of aromatic nitrogens is 2. The molecule has 9 nitrogen and oxygen atoms in total. The lowest BCUT2D eigenvalue weighted by Crippen LogP contribution is -2.44. The average Bonchev–Trinajstić information content (AvgIpc) is 3.14. The van der Waals surface area contributed by atoms with Crippen LogP contribution in [0, 0.1) is 16.0 Å². The number of carbonyl (C=O) groups is 2. The van der Waals surface area contributed by atoms with Crippen molar-refractivity contribution in [2.45, 2.75) is 44.6 Å². The molecule has 0 spiro atoms. The van der Waals surface area contributed by atoms with Gasteiger partial charge in [-0.15, -0.1) is 0 Å². The Morgan fingerprint density at radius 1 is 1.18 bits per heavy atom. The summed E-state index contributed by atoms with van der Waals surface area (Å²) < 4.78 is 1.38. The Hall–Kier alpha value is -3.23. The second-order valence-electron chi connectivity index (χ2n) is 6.94. The van der Waals surface area contributed by atoms with E-state index in [4.69, 9.17) is 0 Å². The van der Waals surface area contributed by atoms with Crippen molar-refractivity contribution in [1.29, 1.82) is 0 Å². The number of nitrogens with zero attached hydrogens (tertiary/aromatic N) is 3. The number of carboxylic acid groups (broad SMARTS) is 1. The van der Waals surface area contributed by atoms with Gasteiger partial charge >= 0.3 is 5.97 Å². The second kappa shape index (κ2) is 8.64. The Labute approximate surface area is 161 Å². The van der Waals surface area contributed by atoms with Crippen molar-refractivity contribution in [3.05, 3.63) is 52.3 Å². The van der Waals surface area contributed by atoms with Gasteiger partial charge in [-0.3, -0.25) is 19.7 Å². The molecule has 0 saturated heterocycles. The summed E-state index contributed by atoms with van der Waals surface area (Å²) >= 11 is 0. The van der Waals surface area contributed by atoms with Crippen molar-refractivity contribution < 1.29 is 19.6 Å². The van der Waals surface area contributed by atoms with Gasteiger partial charge in [-0.2, -0.15) is 5.10 Å². The number of amides is 1. The molecule has 0 radical (unpaired) electrons. The van der Waals surface area contributed by atoms with Crippen LogP contribution in [-0.2, 0) is 4.79 Å². The van der Waals surface area contributed by atoms with E-state index in [1.807, 2.05) is 0 Å². The number of carbonyl (C=O) groups excluding carboxylic acids is 1. The summed E-state index contributed by atoms with van der Waals surface area (Å²) in [6.45, 7) is 0. The predicted octanol–water partition coefficient (Wildman–Crippen LogP) is 2.93. The van der Waals surface area contributed by atoms with Gasteiger partial charge in [0, 0.05) is 24.4 Å². The summed E-state index contributed by atoms with van der Waals surface area (Å²) in [5.41, 5.74) is 0.526. The molecule has 2 unspecified atom stereocenters. The third-order valence-corrected chi connectivity index (χ3v) is 5.03. The number of hydrogen-bond donors (Lipinski definition) is 2. The van der Waals surface area contributed by atoms with E-state index in [1.54, 1.807) is 18.3 Å². The van der Waals surface area contributed by atoms with Gasteiger partial charge in [0.15, 0.2) is 5.69 Å². The molecule has 0 bridgehead atoms. The van der Waals surface area contributed by atoms with Crippen LogP contribution in [0.25, 0.3) is 5.69 Å². The Kier molecular flexibility index (Phi) is 6.03. The minimum absolute atomic E-state index is 0.0715. The molecule has 9 heteroatoms. The van der Waals surface area contributed by atoms with Crippen LogP contribution in [0.15, 0.2) is 36.5 Å². The van der Waals surface area contributed by atoms with Gasteiger partial charge in [-0.1, -0.05) is 31.7 Å². The molecular weight excluding hydrogens is 364 g/mol. The lowest BCUT2D eigenvalue weighted by Gasteiger charge is -2.26. The maximum atomic E-state index is 12.6. The highest BCUT2D eigenvalue weighted by molar-refractivity contribution is 5.92. The highest BCUT2D eigenvalue weighted by Gasteiger charge is 2.30. The van der Waals surface area contributed by atoms with E-state index in [1.165, 1.54) is 22.9 Å². The van der Waals surface area contributed by atoms with E-state index in [9.17, 15) is 24.8 Å². The number of aliphatic carboxylic acids is 1. The van der Waals surface area contributed by atoms with Gasteiger partial charge in [-0.25, -0.2) is 4.68 Å². The van der Waals surface area contributed by atoms with Gasteiger partial charge in [0.05, 0.1) is 16.5 Å². The minimum Gasteiger partial charge on any atom is -0.481 e. The summed E-state index contributed by atoms with van der Waals surface area (Å²) in [5.74, 6) is -1.95. The zero-order chi connectivity index (χ0) is 20.1. The summed E-state index contributed by atoms with van der Waals surface area (Å²) in [7, 11) is 0. The molecule has 2 aromatic rings. The third kappa shape index (κ3) is 4.54. The molecule has 1 fully saturated rings. The van der Waals surface area contributed by atoms with Crippen molar-refractivity contribution in [3.8, 4) is 5.69 Å². The molecule has 0 aliphatic heterocycles. The fraction of sp³-hybridized carbons (Fsp3) is 0.421. The number of nitro benzene ring substituents is 1. The molecule has 1 saturated carbocycles. The monoisotopic (exact) mass is 386 g/mol. The Morgan fingerprint density at radius 2 is 1.93 bits per heavy atom. The molecule has 1 aliphatic rings. The van der Waals surface area contributed by atoms with Gasteiger partial charge in [0.2, 0.25) is 0 Å². The first-order chi connectivity index (χ1) is 13.5. The molecule has 3 rings (SSSR count). The van der Waals surface area contributed by atoms with Gasteiger partial charge < -0.3 is 10.4 Å². The number of hydrogen-bond acceptors (Lipinski definition) is 5. The van der Waals surface area contributed by atoms with Crippen LogP contribution in [0.3, 0.4) is 0 Å². The first-order valence-electron chi connectivity index (χ1n) is 9.30. The molecule has 1 amide bonds. The smallest absolute Gasteiger partial charge is 0.308 e. The molecule has 1 heterocycles. The van der Waals surface area contributed by atoms with Crippen LogP contribution < -0.4 is 5.32 Å². The fourth-order valence-electron chi connectivity index (χ4n) is 3.53. The van der Waals surface area contributed by atoms with Crippen LogP contribution in [0.5, 0.6) is 0 Å². The van der Waals surface area contributed by atoms with Crippen LogP contribution >= 0.6 is 0 Å². The molecular formula is C19H22N4O5. The topological polar surface area (TPSA) is 127 Å². The van der Waals surface area contributed by atoms with E-state index >= 15 is 0 Å². The van der Waals surface area contributed by atoms with Crippen molar-refractivity contribution >= 4 is 17.6 Å². The first kappa shape index (κ1) is 19.5. The molecule has 1 aromatic carbocycles. The normalized spacial score (nSPS) is 20.0. The lowest BCUT2D eigenvalue weighted by atomic mass is 9.86. The summed E-state index contributed by atoms with van der Waals surface area (Å²) in [5, 5.41) is 27.4. The number of rotatable bonds is 5. The van der Waals surface area contributed by atoms with Gasteiger partial charge in [-0.05, 0) is 25.0 Å². The lowest BCUT2D eigenvalue weighted by molar-refractivity contribution is -0.384. The van der Waals surface area contributed by atoms with Gasteiger partial charge in [0.1, 0.15) is 0 Å². The Balaban J connectivity index is 1.75. The van der Waals surface area contributed by atoms with Crippen molar-refractivity contribution in [1.82, 2.24) is 15.1 Å². The van der Waals surface area contributed by atoms with E-state index < -0.39 is 28.8 Å². The first-order valence-corrected chi connectivity index (χ1v) is 9.30. The van der Waals surface area contributed by atoms with Crippen LogP contribution in [0.4, 0.5) is 5.69 Å². The SMILES string of the molecule is O=C(NC1CCCCCCC1C(=O)O)c1ccn(-c2cccc([N+](=O)[O-])c2)n1. The van der Waals surface area contributed by atoms with Gasteiger partial charge in [0.25, 0.3) is 11.6 Å². The van der Waals surface area contributed by atoms with E-state index in [0.29, 0.717) is 18.5 Å². The largest absolute Gasteiger partial charge is 0.481 e. The second-order valence-corrected chi connectivity index (χ2v) is 6.94. The Bertz CT molecular complexity index is 879. The number of non-ortho nitro benzene ring substituents is 1. The maximum Gasteiger partial charge on any atom is 0.308 e. The maximum absolute atomic E-state index is 12.6. The Morgan fingerprint density at radius 3 is 2.64 bits per heavy atom. The molecule has 2 atom stereocenters. The van der Waals surface area contributed by atoms with E-state index in [2.05, 4.69) is 10.4 Å². The van der Waals surface area contributed by atoms with Crippen LogP contribution in [0.2, 0.25) is 0 Å². The van der Waals surface area contributed by atoms with Crippen molar-refractivity contribution in [2.75, 3.05) is 0 Å². The van der Waals surface area contributed by atoms with Crippen LogP contribution in [0.1, 0.15) is 49.0 Å². The molecule has 1 aliphatic carbocycles. The summed E-state index contributed by atoms with van der Waals surface area (Å²) in [4.78, 5) is 34.6. The molecule has 1 aromatic heterocycles. The van der Waals surface area contributed by atoms with E-state index in [0.717, 1.165) is 25.7 Å². The number of nitrogens with one attached hydrogen (secondary N) is 1. The highest BCUT2D eigenvalue weighted by atomic mass is 16.6. The zero-order valence-corrected chi connectivity index (χ0v) is 15.3. The van der Waals surface area contributed by atoms with Crippen molar-refractivity contribution in [3.63, 3.8) is 0 Å². The highest BCUT2D eigenvalue weighted by Crippen LogP contribution is 2.23. The average molecular weight is 386 g/mol. The number of carboxylic acids is 1. The third-order valence-electron chi connectivity index (χ3n) is 5.03. The van der Waals surface area contributed by atoms with E-state index in [-0.39, 0.29) is 11.4 Å². The number of benzene rings is 1. The quantitative estimate of drug-likeness (QED) is 0.601. The molecule has 28 heavy (non-hydrogen) atoms. The van der Waals surface area contributed by atoms with Crippen LogP contribution in [-0.4, -0.2) is 37.7 Å². The standard InChI is InChI=1S/C19H22N4O5/c24-18(20-16-9-4-2-1-3-8-15(16)19(25)26)17-10-11-22(21-17)13-6-5-7-14(12-13)23(27)28/h5-7,10-12,15-16H,1-4,8-9H2,(H,20,24)(H,25,26). The fourth-order valence-corrected chi connectivity index (χ4v) is 3.53.